The maximum absolute atomic E-state index is 14.5. The molecule has 0 saturated carbocycles. The number of hydrogen-bond donors (Lipinski definition) is 0. The summed E-state index contributed by atoms with van der Waals surface area (Å²) in [4.78, 5) is 10.9. The summed E-state index contributed by atoms with van der Waals surface area (Å²) in [5.74, 6) is -0.153. The van der Waals surface area contributed by atoms with E-state index in [-0.39, 0.29) is 6.04 Å². The van der Waals surface area contributed by atoms with E-state index in [2.05, 4.69) is 15.2 Å². The topological polar surface area (TPSA) is 64.1 Å². The molecule has 0 amide bonds. The van der Waals surface area contributed by atoms with Gasteiger partial charge in [0, 0.05) is 42.5 Å². The molecule has 6 rings (SSSR count). The Hall–Kier alpha value is -4.14. The van der Waals surface area contributed by atoms with Crippen molar-refractivity contribution in [2.75, 3.05) is 11.4 Å². The predicted molar refractivity (Wildman–Crippen MR) is 119 cm³/mol. The molecular formula is C24H19F2N7. The Kier molecular flexibility index (Phi) is 4.60. The summed E-state index contributed by atoms with van der Waals surface area (Å²) in [6.07, 6.45) is 12.3. The van der Waals surface area contributed by atoms with Gasteiger partial charge >= 0.3 is 0 Å². The molecule has 9 heteroatoms. The van der Waals surface area contributed by atoms with E-state index in [1.165, 1.54) is 12.1 Å². The Morgan fingerprint density at radius 2 is 1.82 bits per heavy atom. The molecule has 1 aliphatic rings. The molecular weight excluding hydrogens is 424 g/mol. The number of fused-ring (bicyclic) bond motifs is 1. The van der Waals surface area contributed by atoms with Gasteiger partial charge in [-0.3, -0.25) is 4.98 Å². The summed E-state index contributed by atoms with van der Waals surface area (Å²) in [6.45, 7) is 0.710. The molecule has 1 fully saturated rings. The maximum Gasteiger partial charge on any atom is 0.183 e. The molecule has 5 heterocycles. The highest BCUT2D eigenvalue weighted by atomic mass is 19.1. The van der Waals surface area contributed by atoms with Gasteiger partial charge in [0.05, 0.1) is 18.4 Å². The third kappa shape index (κ3) is 3.42. The van der Waals surface area contributed by atoms with Crippen LogP contribution in [0.25, 0.3) is 22.5 Å². The fourth-order valence-corrected chi connectivity index (χ4v) is 4.45. The lowest BCUT2D eigenvalue weighted by molar-refractivity contribution is 0.560. The zero-order valence-corrected chi connectivity index (χ0v) is 17.5. The van der Waals surface area contributed by atoms with Crippen molar-refractivity contribution < 1.29 is 8.78 Å². The number of hydrogen-bond acceptors (Lipinski definition) is 5. The summed E-state index contributed by atoms with van der Waals surface area (Å²) < 4.78 is 31.8. The summed E-state index contributed by atoms with van der Waals surface area (Å²) >= 11 is 0. The monoisotopic (exact) mass is 443 g/mol. The Morgan fingerprint density at radius 1 is 0.939 bits per heavy atom. The van der Waals surface area contributed by atoms with Crippen LogP contribution >= 0.6 is 0 Å². The average Bonchev–Trinajstić information content (AvgIpc) is 3.60. The molecule has 5 aromatic rings. The minimum Gasteiger partial charge on any atom is -0.349 e. The molecule has 0 aliphatic carbocycles. The number of aromatic nitrogens is 6. The largest absolute Gasteiger partial charge is 0.349 e. The van der Waals surface area contributed by atoms with Gasteiger partial charge in [-0.15, -0.1) is 0 Å². The van der Waals surface area contributed by atoms with E-state index in [0.29, 0.717) is 23.6 Å². The Morgan fingerprint density at radius 3 is 2.70 bits per heavy atom. The molecule has 4 aromatic heterocycles. The number of pyridine rings is 1. The van der Waals surface area contributed by atoms with Gasteiger partial charge in [0.15, 0.2) is 5.65 Å². The van der Waals surface area contributed by atoms with Crippen LogP contribution in [0.1, 0.15) is 24.4 Å². The van der Waals surface area contributed by atoms with Crippen molar-refractivity contribution in [1.82, 2.24) is 29.4 Å². The first kappa shape index (κ1) is 19.5. The van der Waals surface area contributed by atoms with E-state index in [4.69, 9.17) is 4.98 Å². The second-order valence-electron chi connectivity index (χ2n) is 8.01. The van der Waals surface area contributed by atoms with E-state index in [0.717, 1.165) is 35.7 Å². The van der Waals surface area contributed by atoms with Gasteiger partial charge in [-0.1, -0.05) is 0 Å². The number of rotatable bonds is 4. The van der Waals surface area contributed by atoms with Gasteiger partial charge in [0.1, 0.15) is 23.1 Å². The third-order valence-corrected chi connectivity index (χ3v) is 6.04. The zero-order valence-electron chi connectivity index (χ0n) is 17.5. The van der Waals surface area contributed by atoms with Gasteiger partial charge in [-0.2, -0.15) is 10.2 Å². The van der Waals surface area contributed by atoms with Crippen LogP contribution in [0.15, 0.2) is 73.6 Å². The van der Waals surface area contributed by atoms with Crippen LogP contribution in [0.4, 0.5) is 14.6 Å². The molecule has 1 aliphatic heterocycles. The molecule has 0 N–H and O–H groups in total. The Balaban J connectivity index is 1.38. The maximum atomic E-state index is 14.5. The van der Waals surface area contributed by atoms with E-state index >= 15 is 0 Å². The molecule has 0 radical (unpaired) electrons. The number of benzene rings is 1. The molecule has 0 bridgehead atoms. The third-order valence-electron chi connectivity index (χ3n) is 6.04. The smallest absolute Gasteiger partial charge is 0.183 e. The first-order chi connectivity index (χ1) is 16.2. The molecule has 7 nitrogen and oxygen atoms in total. The minimum atomic E-state index is -0.441. The summed E-state index contributed by atoms with van der Waals surface area (Å²) in [5, 5.41) is 8.90. The van der Waals surface area contributed by atoms with E-state index < -0.39 is 11.6 Å². The van der Waals surface area contributed by atoms with Crippen LogP contribution in [0, 0.1) is 11.6 Å². The van der Waals surface area contributed by atoms with Crippen molar-refractivity contribution in [3.8, 4) is 16.8 Å². The Bertz CT molecular complexity index is 1440. The molecule has 1 atom stereocenters. The lowest BCUT2D eigenvalue weighted by Crippen LogP contribution is -2.24. The van der Waals surface area contributed by atoms with Gasteiger partial charge in [-0.25, -0.2) is 23.0 Å². The van der Waals surface area contributed by atoms with Crippen LogP contribution in [0.2, 0.25) is 0 Å². The summed E-state index contributed by atoms with van der Waals surface area (Å²) in [6, 6.07) is 9.04. The first-order valence-corrected chi connectivity index (χ1v) is 10.7. The lowest BCUT2D eigenvalue weighted by atomic mass is 10.0. The lowest BCUT2D eigenvalue weighted by Gasteiger charge is -2.26. The van der Waals surface area contributed by atoms with Crippen molar-refractivity contribution in [3.05, 3.63) is 90.8 Å². The molecule has 0 spiro atoms. The van der Waals surface area contributed by atoms with Crippen molar-refractivity contribution in [2.24, 2.45) is 0 Å². The van der Waals surface area contributed by atoms with Crippen molar-refractivity contribution >= 4 is 11.5 Å². The van der Waals surface area contributed by atoms with E-state index in [1.807, 2.05) is 35.5 Å². The molecule has 1 saturated heterocycles. The second kappa shape index (κ2) is 7.77. The van der Waals surface area contributed by atoms with Crippen LogP contribution in [0.3, 0.4) is 0 Å². The van der Waals surface area contributed by atoms with Crippen LogP contribution in [-0.4, -0.2) is 35.9 Å². The van der Waals surface area contributed by atoms with Crippen LogP contribution in [-0.2, 0) is 0 Å². The SMILES string of the molecule is Fc1ccc(F)c([C@@H]2CCCN2c2ccn3ncc(-n4cc(-c5ccncc5)cn4)c3n2)c1. The highest BCUT2D eigenvalue weighted by Crippen LogP contribution is 2.37. The van der Waals surface area contributed by atoms with Crippen molar-refractivity contribution in [2.45, 2.75) is 18.9 Å². The van der Waals surface area contributed by atoms with Gasteiger partial charge < -0.3 is 4.90 Å². The van der Waals surface area contributed by atoms with E-state index in [9.17, 15) is 8.78 Å². The highest BCUT2D eigenvalue weighted by molar-refractivity contribution is 5.65. The summed E-state index contributed by atoms with van der Waals surface area (Å²) in [5.41, 5.74) is 3.68. The Labute approximate surface area is 188 Å². The standard InChI is InChI=1S/C24H19F2N7/c25-18-3-4-20(26)19(12-18)21-2-1-10-31(21)23-7-11-32-24(30-23)22(14-29-32)33-15-17(13-28-33)16-5-8-27-9-6-16/h3-9,11-15,21H,1-2,10H2/t21-/m0/s1. The van der Waals surface area contributed by atoms with Crippen LogP contribution < -0.4 is 4.90 Å². The average molecular weight is 443 g/mol. The van der Waals surface area contributed by atoms with Crippen molar-refractivity contribution in [3.63, 3.8) is 0 Å². The summed E-state index contributed by atoms with van der Waals surface area (Å²) in [7, 11) is 0. The minimum absolute atomic E-state index is 0.273. The number of nitrogens with zero attached hydrogens (tertiary/aromatic N) is 7. The first-order valence-electron chi connectivity index (χ1n) is 10.7. The number of anilines is 1. The van der Waals surface area contributed by atoms with Crippen LogP contribution in [0.5, 0.6) is 0 Å². The normalized spacial score (nSPS) is 16.1. The predicted octanol–water partition coefficient (Wildman–Crippen LogP) is 4.60. The quantitative estimate of drug-likeness (QED) is 0.406. The molecule has 1 aromatic carbocycles. The molecule has 33 heavy (non-hydrogen) atoms. The fourth-order valence-electron chi connectivity index (χ4n) is 4.45. The molecule has 0 unspecified atom stereocenters. The van der Waals surface area contributed by atoms with E-state index in [1.54, 1.807) is 34.0 Å². The number of halogens is 2. The van der Waals surface area contributed by atoms with Crippen molar-refractivity contribution in [1.29, 1.82) is 0 Å². The molecule has 164 valence electrons. The van der Waals surface area contributed by atoms with Gasteiger partial charge in [0.2, 0.25) is 0 Å². The van der Waals surface area contributed by atoms with Gasteiger partial charge in [0.25, 0.3) is 0 Å². The fraction of sp³-hybridized carbons (Fsp3) is 0.167. The zero-order chi connectivity index (χ0) is 22.4. The van der Waals surface area contributed by atoms with Gasteiger partial charge in [-0.05, 0) is 54.8 Å². The second-order valence-corrected chi connectivity index (χ2v) is 8.01. The highest BCUT2D eigenvalue weighted by Gasteiger charge is 2.30.